The third kappa shape index (κ3) is 2.55. The molecule has 1 aliphatic heterocycles. The molecule has 1 fully saturated rings. The molecule has 0 aromatic rings. The lowest BCUT2D eigenvalue weighted by Gasteiger charge is -2.18. The molecule has 2 rings (SSSR count). The largest absolute Gasteiger partial charge is 0.462 e. The Morgan fingerprint density at radius 3 is 3.13 bits per heavy atom. The first-order valence-electron chi connectivity index (χ1n) is 5.65. The minimum atomic E-state index is 0.00272. The first kappa shape index (κ1) is 11.4. The molecule has 0 aromatic heterocycles. The molecular weight excluding hydrogens is 303 g/mol. The van der Waals surface area contributed by atoms with Gasteiger partial charge in [0.05, 0.1) is 6.42 Å². The van der Waals surface area contributed by atoms with Gasteiger partial charge in [0, 0.05) is 10.3 Å². The van der Waals surface area contributed by atoms with Crippen LogP contribution >= 0.6 is 22.6 Å². The van der Waals surface area contributed by atoms with E-state index in [4.69, 9.17) is 4.74 Å². The lowest BCUT2D eigenvalue weighted by Crippen LogP contribution is -2.17. The number of carbonyl (C=O) groups is 1. The molecule has 84 valence electrons. The van der Waals surface area contributed by atoms with Gasteiger partial charge in [-0.3, -0.25) is 4.79 Å². The Morgan fingerprint density at radius 2 is 2.40 bits per heavy atom. The number of alkyl halides is 1. The smallest absolute Gasteiger partial charge is 0.306 e. The molecule has 0 saturated carbocycles. The maximum Gasteiger partial charge on any atom is 0.306 e. The number of rotatable bonds is 2. The van der Waals surface area contributed by atoms with Gasteiger partial charge in [-0.1, -0.05) is 41.2 Å². The van der Waals surface area contributed by atoms with Gasteiger partial charge in [-0.25, -0.2) is 0 Å². The van der Waals surface area contributed by atoms with Crippen LogP contribution in [0.5, 0.6) is 0 Å². The zero-order chi connectivity index (χ0) is 10.8. The van der Waals surface area contributed by atoms with Crippen molar-refractivity contribution < 1.29 is 9.53 Å². The van der Waals surface area contributed by atoms with E-state index in [0.29, 0.717) is 18.3 Å². The van der Waals surface area contributed by atoms with E-state index in [1.54, 1.807) is 5.57 Å². The van der Waals surface area contributed by atoms with E-state index in [1.165, 1.54) is 10.8 Å². The van der Waals surface area contributed by atoms with Crippen LogP contribution in [0.1, 0.15) is 32.6 Å². The van der Waals surface area contributed by atoms with Crippen molar-refractivity contribution in [2.75, 3.05) is 4.43 Å². The van der Waals surface area contributed by atoms with E-state index in [9.17, 15) is 4.79 Å². The molecule has 1 aliphatic carbocycles. The van der Waals surface area contributed by atoms with Crippen molar-refractivity contribution in [3.63, 3.8) is 0 Å². The summed E-state index contributed by atoms with van der Waals surface area (Å²) >= 11 is 2.42. The molecule has 0 aromatic carbocycles. The maximum absolute atomic E-state index is 11.2. The molecule has 0 spiro atoms. The lowest BCUT2D eigenvalue weighted by atomic mass is 9.92. The second kappa shape index (κ2) is 4.85. The molecule has 15 heavy (non-hydrogen) atoms. The van der Waals surface area contributed by atoms with Gasteiger partial charge in [0.2, 0.25) is 0 Å². The molecule has 1 heterocycles. The number of hydrogen-bond donors (Lipinski definition) is 0. The average molecular weight is 320 g/mol. The Morgan fingerprint density at radius 1 is 1.60 bits per heavy atom. The van der Waals surface area contributed by atoms with Gasteiger partial charge in [0.1, 0.15) is 6.10 Å². The SMILES string of the molecule is C[C@H]1C[C@H]2OC(=O)C[C@H]2CC=C1CCI. The van der Waals surface area contributed by atoms with Crippen LogP contribution in [-0.4, -0.2) is 16.5 Å². The summed E-state index contributed by atoms with van der Waals surface area (Å²) in [5, 5.41) is 0. The molecule has 2 aliphatic rings. The fraction of sp³-hybridized carbons (Fsp3) is 0.750. The number of carbonyl (C=O) groups excluding carboxylic acids is 1. The minimum Gasteiger partial charge on any atom is -0.462 e. The van der Waals surface area contributed by atoms with Crippen molar-refractivity contribution >= 4 is 28.6 Å². The Balaban J connectivity index is 2.07. The van der Waals surface area contributed by atoms with E-state index in [2.05, 4.69) is 35.6 Å². The highest BCUT2D eigenvalue weighted by Crippen LogP contribution is 2.36. The number of hydrogen-bond acceptors (Lipinski definition) is 2. The molecule has 3 heteroatoms. The van der Waals surface area contributed by atoms with Gasteiger partial charge in [-0.15, -0.1) is 0 Å². The fourth-order valence-corrected chi connectivity index (χ4v) is 3.22. The summed E-state index contributed by atoms with van der Waals surface area (Å²) in [4.78, 5) is 11.2. The minimum absolute atomic E-state index is 0.00272. The lowest BCUT2D eigenvalue weighted by molar-refractivity contribution is -0.141. The Labute approximate surface area is 105 Å². The molecule has 1 saturated heterocycles. The van der Waals surface area contributed by atoms with E-state index in [0.717, 1.165) is 12.8 Å². The van der Waals surface area contributed by atoms with Gasteiger partial charge in [0.15, 0.2) is 0 Å². The summed E-state index contributed by atoms with van der Waals surface area (Å²) in [5.41, 5.74) is 1.56. The number of ether oxygens (including phenoxy) is 1. The van der Waals surface area contributed by atoms with Crippen LogP contribution in [0.4, 0.5) is 0 Å². The molecule has 0 amide bonds. The Hall–Kier alpha value is -0.0600. The summed E-state index contributed by atoms with van der Waals surface area (Å²) < 4.78 is 6.55. The third-order valence-corrected chi connectivity index (χ3v) is 4.06. The van der Waals surface area contributed by atoms with Crippen LogP contribution in [0, 0.1) is 11.8 Å². The fourth-order valence-electron chi connectivity index (χ4n) is 2.60. The highest BCUT2D eigenvalue weighted by Gasteiger charge is 2.36. The van der Waals surface area contributed by atoms with Crippen molar-refractivity contribution in [3.05, 3.63) is 11.6 Å². The summed E-state index contributed by atoms with van der Waals surface area (Å²) in [6.45, 7) is 2.26. The van der Waals surface area contributed by atoms with Crippen molar-refractivity contribution in [2.24, 2.45) is 11.8 Å². The first-order valence-corrected chi connectivity index (χ1v) is 7.17. The number of esters is 1. The highest BCUT2D eigenvalue weighted by molar-refractivity contribution is 14.1. The monoisotopic (exact) mass is 320 g/mol. The van der Waals surface area contributed by atoms with Gasteiger partial charge < -0.3 is 4.74 Å². The standard InChI is InChI=1S/C12H17IO2/c1-8-6-11-10(7-12(14)15-11)3-2-9(8)4-5-13/h2,8,10-11H,3-7H2,1H3/t8-,10+,11+/m0/s1. The Kier molecular flexibility index (Phi) is 3.69. The van der Waals surface area contributed by atoms with Crippen LogP contribution in [0.15, 0.2) is 11.6 Å². The van der Waals surface area contributed by atoms with Crippen LogP contribution in [0.2, 0.25) is 0 Å². The molecule has 0 bridgehead atoms. The number of fused-ring (bicyclic) bond motifs is 1. The summed E-state index contributed by atoms with van der Waals surface area (Å²) in [6, 6.07) is 0. The van der Waals surface area contributed by atoms with Crippen LogP contribution in [-0.2, 0) is 9.53 Å². The van der Waals surface area contributed by atoms with Gasteiger partial charge in [-0.05, 0) is 25.2 Å². The zero-order valence-electron chi connectivity index (χ0n) is 9.04. The zero-order valence-corrected chi connectivity index (χ0v) is 11.2. The van der Waals surface area contributed by atoms with Gasteiger partial charge in [-0.2, -0.15) is 0 Å². The second-order valence-corrected chi connectivity index (χ2v) is 5.66. The molecule has 0 unspecified atom stereocenters. The molecule has 0 N–H and O–H groups in total. The third-order valence-electron chi connectivity index (χ3n) is 3.52. The second-order valence-electron chi connectivity index (χ2n) is 4.58. The van der Waals surface area contributed by atoms with Gasteiger partial charge >= 0.3 is 5.97 Å². The highest BCUT2D eigenvalue weighted by atomic mass is 127. The predicted octanol–water partition coefficient (Wildman–Crippen LogP) is 3.10. The van der Waals surface area contributed by atoms with Crippen molar-refractivity contribution in [1.29, 1.82) is 0 Å². The van der Waals surface area contributed by atoms with E-state index < -0.39 is 0 Å². The first-order chi connectivity index (χ1) is 7.20. The quantitative estimate of drug-likeness (QED) is 0.338. The van der Waals surface area contributed by atoms with Crippen LogP contribution in [0.25, 0.3) is 0 Å². The summed E-state index contributed by atoms with van der Waals surface area (Å²) in [7, 11) is 0. The molecule has 3 atom stereocenters. The molecular formula is C12H17IO2. The van der Waals surface area contributed by atoms with Crippen molar-refractivity contribution in [3.8, 4) is 0 Å². The molecule has 0 radical (unpaired) electrons. The molecule has 2 nitrogen and oxygen atoms in total. The topological polar surface area (TPSA) is 26.3 Å². The summed E-state index contributed by atoms with van der Waals surface area (Å²) in [6.07, 6.45) is 6.43. The number of allylic oxidation sites excluding steroid dienone is 2. The maximum atomic E-state index is 11.2. The average Bonchev–Trinajstić information content (AvgIpc) is 2.46. The number of halogens is 1. The van der Waals surface area contributed by atoms with E-state index >= 15 is 0 Å². The van der Waals surface area contributed by atoms with Crippen molar-refractivity contribution in [2.45, 2.75) is 38.7 Å². The van der Waals surface area contributed by atoms with Crippen LogP contribution in [0.3, 0.4) is 0 Å². The van der Waals surface area contributed by atoms with E-state index in [-0.39, 0.29) is 12.1 Å². The normalized spacial score (nSPS) is 35.5. The van der Waals surface area contributed by atoms with E-state index in [1.807, 2.05) is 0 Å². The van der Waals surface area contributed by atoms with Gasteiger partial charge in [0.25, 0.3) is 0 Å². The Bertz CT molecular complexity index is 285. The van der Waals surface area contributed by atoms with Crippen molar-refractivity contribution in [1.82, 2.24) is 0 Å². The van der Waals surface area contributed by atoms with Crippen LogP contribution < -0.4 is 0 Å². The summed E-state index contributed by atoms with van der Waals surface area (Å²) in [5.74, 6) is 1.04. The predicted molar refractivity (Wildman–Crippen MR) is 68.0 cm³/mol.